The lowest BCUT2D eigenvalue weighted by atomic mass is 9.99. The highest BCUT2D eigenvalue weighted by atomic mass is 35.5. The van der Waals surface area contributed by atoms with Crippen LogP contribution in [0.4, 0.5) is 5.69 Å². The average molecular weight is 535 g/mol. The van der Waals surface area contributed by atoms with Crippen molar-refractivity contribution in [1.82, 2.24) is 15.2 Å². The summed E-state index contributed by atoms with van der Waals surface area (Å²) in [6.07, 6.45) is 6.91. The zero-order valence-electron chi connectivity index (χ0n) is 22.9. The van der Waals surface area contributed by atoms with Crippen LogP contribution in [0.25, 0.3) is 0 Å². The van der Waals surface area contributed by atoms with E-state index in [1.54, 1.807) is 13.2 Å². The van der Waals surface area contributed by atoms with E-state index in [9.17, 15) is 4.79 Å². The number of piperidine rings is 1. The summed E-state index contributed by atoms with van der Waals surface area (Å²) >= 11 is 6.26. The number of amides is 1. The zero-order valence-corrected chi connectivity index (χ0v) is 23.7. The number of pyridine rings is 1. The molecule has 6 nitrogen and oxygen atoms in total. The lowest BCUT2D eigenvalue weighted by molar-refractivity contribution is 0.0944. The molecule has 0 radical (unpaired) electrons. The molecule has 0 spiro atoms. The maximum absolute atomic E-state index is 12.7. The van der Waals surface area contributed by atoms with Gasteiger partial charge < -0.3 is 19.9 Å². The molecule has 38 heavy (non-hydrogen) atoms. The van der Waals surface area contributed by atoms with Crippen LogP contribution in [0.15, 0.2) is 60.9 Å². The molecule has 1 amide bonds. The first-order valence-corrected chi connectivity index (χ1v) is 13.8. The van der Waals surface area contributed by atoms with Gasteiger partial charge in [-0.3, -0.25) is 9.78 Å². The standard InChI is InChI=1S/C31H39ClN4O2/c1-22-12-16-33-20-25(22)21-36(26-8-10-28(38-4)11-9-26)27-14-18-35(19-15-27)24(3)13-17-34-31(37)30-23(2)6-5-7-29(30)32/h5-12,16,20,24,27H,13-15,17-19,21H2,1-4H3,(H,34,37). The number of nitrogens with one attached hydrogen (secondary N) is 1. The Labute approximate surface area is 232 Å². The summed E-state index contributed by atoms with van der Waals surface area (Å²) in [6.45, 7) is 9.85. The molecule has 1 aliphatic heterocycles. The van der Waals surface area contributed by atoms with Gasteiger partial charge in [0.05, 0.1) is 17.7 Å². The van der Waals surface area contributed by atoms with Crippen LogP contribution in [0.1, 0.15) is 53.2 Å². The van der Waals surface area contributed by atoms with E-state index in [1.165, 1.54) is 16.8 Å². The quantitative estimate of drug-likeness (QED) is 0.343. The molecule has 3 aromatic rings. The number of ether oxygens (including phenoxy) is 1. The molecule has 4 rings (SSSR count). The van der Waals surface area contributed by atoms with Crippen molar-refractivity contribution in [3.8, 4) is 5.75 Å². The molecule has 2 aromatic carbocycles. The van der Waals surface area contributed by atoms with Crippen LogP contribution in [0, 0.1) is 13.8 Å². The van der Waals surface area contributed by atoms with Crippen LogP contribution < -0.4 is 15.0 Å². The van der Waals surface area contributed by atoms with Crippen molar-refractivity contribution in [3.05, 3.63) is 88.2 Å². The number of halogens is 1. The molecular weight excluding hydrogens is 496 g/mol. The molecule has 0 saturated carbocycles. The highest BCUT2D eigenvalue weighted by Crippen LogP contribution is 2.29. The molecule has 1 aromatic heterocycles. The summed E-state index contributed by atoms with van der Waals surface area (Å²) in [5.74, 6) is 0.770. The summed E-state index contributed by atoms with van der Waals surface area (Å²) in [4.78, 5) is 22.1. The van der Waals surface area contributed by atoms with Crippen LogP contribution in [-0.2, 0) is 6.54 Å². The summed E-state index contributed by atoms with van der Waals surface area (Å²) in [5, 5.41) is 3.57. The molecular formula is C31H39ClN4O2. The number of benzene rings is 2. The van der Waals surface area contributed by atoms with Crippen molar-refractivity contribution in [2.45, 2.75) is 58.7 Å². The van der Waals surface area contributed by atoms with E-state index in [1.807, 2.05) is 43.6 Å². The van der Waals surface area contributed by atoms with E-state index in [2.05, 4.69) is 52.1 Å². The number of methoxy groups -OCH3 is 1. The first-order chi connectivity index (χ1) is 18.4. The number of anilines is 1. The molecule has 1 saturated heterocycles. The minimum absolute atomic E-state index is 0.0974. The molecule has 1 unspecified atom stereocenters. The van der Waals surface area contributed by atoms with Crippen LogP contribution in [0.5, 0.6) is 5.75 Å². The minimum Gasteiger partial charge on any atom is -0.497 e. The Bertz CT molecular complexity index is 1190. The van der Waals surface area contributed by atoms with Crippen molar-refractivity contribution in [1.29, 1.82) is 0 Å². The highest BCUT2D eigenvalue weighted by molar-refractivity contribution is 6.34. The molecule has 2 heterocycles. The van der Waals surface area contributed by atoms with E-state index in [0.717, 1.165) is 50.2 Å². The SMILES string of the molecule is COc1ccc(N(Cc2cnccc2C)C2CCN(C(C)CCNC(=O)c3c(C)cccc3Cl)CC2)cc1. The normalized spacial score (nSPS) is 15.2. The average Bonchev–Trinajstić information content (AvgIpc) is 2.93. The minimum atomic E-state index is -0.0974. The van der Waals surface area contributed by atoms with Gasteiger partial charge in [-0.1, -0.05) is 23.7 Å². The Hall–Kier alpha value is -3.09. The van der Waals surface area contributed by atoms with Crippen LogP contribution in [0.3, 0.4) is 0 Å². The number of carbonyl (C=O) groups excluding carboxylic acids is 1. The lowest BCUT2D eigenvalue weighted by Gasteiger charge is -2.42. The Kier molecular flexibility index (Phi) is 9.64. The van der Waals surface area contributed by atoms with Gasteiger partial charge in [-0.05, 0) is 93.1 Å². The fourth-order valence-corrected chi connectivity index (χ4v) is 5.58. The second-order valence-electron chi connectivity index (χ2n) is 10.2. The Morgan fingerprint density at radius 3 is 2.53 bits per heavy atom. The zero-order chi connectivity index (χ0) is 27.1. The molecule has 202 valence electrons. The smallest absolute Gasteiger partial charge is 0.253 e. The molecule has 7 heteroatoms. The van der Waals surface area contributed by atoms with Crippen molar-refractivity contribution in [3.63, 3.8) is 0 Å². The third kappa shape index (κ3) is 6.86. The van der Waals surface area contributed by atoms with Gasteiger partial charge in [0, 0.05) is 56.3 Å². The van der Waals surface area contributed by atoms with E-state index in [4.69, 9.17) is 16.3 Å². The van der Waals surface area contributed by atoms with E-state index >= 15 is 0 Å². The predicted molar refractivity (Wildman–Crippen MR) is 155 cm³/mol. The number of aromatic nitrogens is 1. The molecule has 1 aliphatic rings. The number of aryl methyl sites for hydroxylation is 2. The van der Waals surface area contributed by atoms with Crippen LogP contribution in [-0.4, -0.2) is 54.6 Å². The Morgan fingerprint density at radius 1 is 1.13 bits per heavy atom. The fourth-order valence-electron chi connectivity index (χ4n) is 5.27. The van der Waals surface area contributed by atoms with Gasteiger partial charge in [0.1, 0.15) is 5.75 Å². The number of rotatable bonds is 10. The van der Waals surface area contributed by atoms with Gasteiger partial charge in [0.2, 0.25) is 0 Å². The first kappa shape index (κ1) is 27.9. The third-order valence-corrected chi connectivity index (χ3v) is 8.07. The van der Waals surface area contributed by atoms with Gasteiger partial charge in [-0.15, -0.1) is 0 Å². The summed E-state index contributed by atoms with van der Waals surface area (Å²) in [7, 11) is 1.70. The topological polar surface area (TPSA) is 57.7 Å². The highest BCUT2D eigenvalue weighted by Gasteiger charge is 2.27. The van der Waals surface area contributed by atoms with Crippen LogP contribution in [0.2, 0.25) is 5.02 Å². The number of hydrogen-bond acceptors (Lipinski definition) is 5. The molecule has 0 aliphatic carbocycles. The van der Waals surface area contributed by atoms with E-state index < -0.39 is 0 Å². The Morgan fingerprint density at radius 2 is 1.87 bits per heavy atom. The van der Waals surface area contributed by atoms with E-state index in [-0.39, 0.29) is 5.91 Å². The molecule has 1 N–H and O–H groups in total. The van der Waals surface area contributed by atoms with Crippen molar-refractivity contribution < 1.29 is 9.53 Å². The number of likely N-dealkylation sites (tertiary alicyclic amines) is 1. The number of hydrogen-bond donors (Lipinski definition) is 1. The van der Waals surface area contributed by atoms with Gasteiger partial charge in [0.15, 0.2) is 0 Å². The largest absolute Gasteiger partial charge is 0.497 e. The maximum atomic E-state index is 12.7. The van der Waals surface area contributed by atoms with Crippen molar-refractivity contribution in [2.75, 3.05) is 31.6 Å². The summed E-state index contributed by atoms with van der Waals surface area (Å²) < 4.78 is 5.39. The van der Waals surface area contributed by atoms with Crippen molar-refractivity contribution >= 4 is 23.2 Å². The molecule has 1 atom stereocenters. The molecule has 1 fully saturated rings. The lowest BCUT2D eigenvalue weighted by Crippen LogP contribution is -2.48. The first-order valence-electron chi connectivity index (χ1n) is 13.4. The number of nitrogens with zero attached hydrogens (tertiary/aromatic N) is 3. The monoisotopic (exact) mass is 534 g/mol. The fraction of sp³-hybridized carbons (Fsp3) is 0.419. The molecule has 0 bridgehead atoms. The van der Waals surface area contributed by atoms with Gasteiger partial charge in [-0.25, -0.2) is 0 Å². The summed E-state index contributed by atoms with van der Waals surface area (Å²) in [5.41, 5.74) is 5.19. The third-order valence-electron chi connectivity index (χ3n) is 7.75. The van der Waals surface area contributed by atoms with Gasteiger partial charge >= 0.3 is 0 Å². The van der Waals surface area contributed by atoms with Crippen molar-refractivity contribution in [2.24, 2.45) is 0 Å². The maximum Gasteiger partial charge on any atom is 0.253 e. The predicted octanol–water partition coefficient (Wildman–Crippen LogP) is 6.04. The van der Waals surface area contributed by atoms with Gasteiger partial charge in [0.25, 0.3) is 5.91 Å². The van der Waals surface area contributed by atoms with Gasteiger partial charge in [-0.2, -0.15) is 0 Å². The second kappa shape index (κ2) is 13.1. The summed E-state index contributed by atoms with van der Waals surface area (Å²) in [6, 6.07) is 16.8. The Balaban J connectivity index is 1.34. The number of carbonyl (C=O) groups is 1. The van der Waals surface area contributed by atoms with E-state index in [0.29, 0.717) is 29.2 Å². The second-order valence-corrected chi connectivity index (χ2v) is 10.6. The van der Waals surface area contributed by atoms with Crippen LogP contribution >= 0.6 is 11.6 Å².